The maximum absolute atomic E-state index is 11.4. The SMILES string of the molecule is NC(=O)c1cc(N)cc(Cl)c1-n1cc(Br)cn1. The Morgan fingerprint density at radius 2 is 2.18 bits per heavy atom. The maximum atomic E-state index is 11.4. The molecule has 4 N–H and O–H groups in total. The molecule has 0 aliphatic heterocycles. The van der Waals surface area contributed by atoms with Gasteiger partial charge in [-0.1, -0.05) is 11.6 Å². The molecule has 0 fully saturated rings. The van der Waals surface area contributed by atoms with Crippen LogP contribution in [0.3, 0.4) is 0 Å². The Balaban J connectivity index is 2.71. The molecule has 2 aromatic rings. The standard InChI is InChI=1S/C10H8BrClN4O/c11-5-3-15-16(4-5)9-7(10(14)17)1-6(13)2-8(9)12/h1-4H,13H2,(H2,14,17). The van der Waals surface area contributed by atoms with Crippen molar-refractivity contribution in [2.45, 2.75) is 0 Å². The predicted octanol–water partition coefficient (Wildman–Crippen LogP) is 1.97. The summed E-state index contributed by atoms with van der Waals surface area (Å²) < 4.78 is 2.23. The van der Waals surface area contributed by atoms with E-state index in [1.807, 2.05) is 0 Å². The van der Waals surface area contributed by atoms with E-state index in [-0.39, 0.29) is 5.56 Å². The number of carbonyl (C=O) groups is 1. The fourth-order valence-electron chi connectivity index (χ4n) is 1.46. The van der Waals surface area contributed by atoms with Crippen LogP contribution in [0.1, 0.15) is 10.4 Å². The highest BCUT2D eigenvalue weighted by molar-refractivity contribution is 9.10. The van der Waals surface area contributed by atoms with Crippen LogP contribution in [0.4, 0.5) is 5.69 Å². The van der Waals surface area contributed by atoms with Gasteiger partial charge in [0.05, 0.1) is 26.9 Å². The summed E-state index contributed by atoms with van der Waals surface area (Å²) in [5.41, 5.74) is 11.9. The van der Waals surface area contributed by atoms with E-state index in [9.17, 15) is 4.79 Å². The molecule has 1 heterocycles. The lowest BCUT2D eigenvalue weighted by Gasteiger charge is -2.10. The number of hydrogen-bond donors (Lipinski definition) is 2. The number of hydrogen-bond acceptors (Lipinski definition) is 3. The first-order valence-corrected chi connectivity index (χ1v) is 5.75. The van der Waals surface area contributed by atoms with Crippen molar-refractivity contribution in [1.29, 1.82) is 0 Å². The zero-order valence-corrected chi connectivity index (χ0v) is 10.9. The monoisotopic (exact) mass is 314 g/mol. The second kappa shape index (κ2) is 4.38. The summed E-state index contributed by atoms with van der Waals surface area (Å²) in [5, 5.41) is 4.37. The number of nitrogens with two attached hydrogens (primary N) is 2. The van der Waals surface area contributed by atoms with E-state index in [0.717, 1.165) is 4.47 Å². The number of benzene rings is 1. The van der Waals surface area contributed by atoms with Crippen molar-refractivity contribution in [3.8, 4) is 5.69 Å². The number of primary amides is 1. The number of carbonyl (C=O) groups excluding carboxylic acids is 1. The van der Waals surface area contributed by atoms with Gasteiger partial charge in [0, 0.05) is 11.9 Å². The summed E-state index contributed by atoms with van der Waals surface area (Å²) in [4.78, 5) is 11.4. The van der Waals surface area contributed by atoms with E-state index in [1.54, 1.807) is 18.5 Å². The molecule has 2 rings (SSSR count). The fourth-order valence-corrected chi connectivity index (χ4v) is 2.06. The minimum atomic E-state index is -0.610. The second-order valence-corrected chi connectivity index (χ2v) is 4.69. The summed E-state index contributed by atoms with van der Waals surface area (Å²) >= 11 is 9.32. The van der Waals surface area contributed by atoms with E-state index in [4.69, 9.17) is 23.1 Å². The van der Waals surface area contributed by atoms with Gasteiger partial charge >= 0.3 is 0 Å². The summed E-state index contributed by atoms with van der Waals surface area (Å²) in [6.45, 7) is 0. The average molecular weight is 316 g/mol. The Kier molecular flexibility index (Phi) is 3.08. The number of anilines is 1. The lowest BCUT2D eigenvalue weighted by Crippen LogP contribution is -2.16. The van der Waals surface area contributed by atoms with Crippen molar-refractivity contribution in [2.24, 2.45) is 5.73 Å². The van der Waals surface area contributed by atoms with Gasteiger partial charge in [0.25, 0.3) is 5.91 Å². The first kappa shape index (κ1) is 11.9. The van der Waals surface area contributed by atoms with Gasteiger partial charge in [-0.05, 0) is 28.1 Å². The molecule has 5 nitrogen and oxygen atoms in total. The molecule has 0 bridgehead atoms. The normalized spacial score (nSPS) is 10.5. The molecular formula is C10H8BrClN4O. The van der Waals surface area contributed by atoms with E-state index in [1.165, 1.54) is 10.7 Å². The minimum Gasteiger partial charge on any atom is -0.399 e. The zero-order valence-electron chi connectivity index (χ0n) is 8.52. The van der Waals surface area contributed by atoms with Crippen LogP contribution in [0.2, 0.25) is 5.02 Å². The van der Waals surface area contributed by atoms with Gasteiger partial charge in [0.2, 0.25) is 0 Å². The third-order valence-corrected chi connectivity index (χ3v) is 2.83. The van der Waals surface area contributed by atoms with Gasteiger partial charge in [-0.3, -0.25) is 4.79 Å². The molecule has 0 spiro atoms. The van der Waals surface area contributed by atoms with Crippen molar-refractivity contribution < 1.29 is 4.79 Å². The summed E-state index contributed by atoms with van der Waals surface area (Å²) in [6, 6.07) is 3.01. The highest BCUT2D eigenvalue weighted by atomic mass is 79.9. The van der Waals surface area contributed by atoms with Gasteiger partial charge < -0.3 is 11.5 Å². The van der Waals surface area contributed by atoms with Crippen molar-refractivity contribution in [3.63, 3.8) is 0 Å². The van der Waals surface area contributed by atoms with Crippen LogP contribution in [0.5, 0.6) is 0 Å². The fraction of sp³-hybridized carbons (Fsp3) is 0. The van der Waals surface area contributed by atoms with Gasteiger partial charge in [0.15, 0.2) is 0 Å². The average Bonchev–Trinajstić information content (AvgIpc) is 2.63. The number of nitrogen functional groups attached to an aromatic ring is 1. The van der Waals surface area contributed by atoms with Crippen LogP contribution in [0.25, 0.3) is 5.69 Å². The number of halogens is 2. The number of nitrogens with zero attached hydrogens (tertiary/aromatic N) is 2. The first-order valence-electron chi connectivity index (χ1n) is 4.58. The van der Waals surface area contributed by atoms with E-state index in [2.05, 4.69) is 21.0 Å². The van der Waals surface area contributed by atoms with Gasteiger partial charge in [-0.15, -0.1) is 0 Å². The largest absolute Gasteiger partial charge is 0.399 e. The smallest absolute Gasteiger partial charge is 0.251 e. The third-order valence-electron chi connectivity index (χ3n) is 2.13. The Labute approximate surface area is 110 Å². The lowest BCUT2D eigenvalue weighted by molar-refractivity contribution is 0.1000. The van der Waals surface area contributed by atoms with Crippen LogP contribution in [0.15, 0.2) is 29.0 Å². The summed E-state index contributed by atoms with van der Waals surface area (Å²) in [6.07, 6.45) is 3.25. The van der Waals surface area contributed by atoms with Crippen LogP contribution in [0, 0.1) is 0 Å². The molecule has 7 heteroatoms. The Morgan fingerprint density at radius 1 is 1.47 bits per heavy atom. The molecule has 0 saturated heterocycles. The molecule has 0 radical (unpaired) electrons. The second-order valence-electron chi connectivity index (χ2n) is 3.37. The van der Waals surface area contributed by atoms with E-state index in [0.29, 0.717) is 16.4 Å². The van der Waals surface area contributed by atoms with Crippen LogP contribution in [-0.2, 0) is 0 Å². The number of aromatic nitrogens is 2. The maximum Gasteiger partial charge on any atom is 0.251 e. The molecular weight excluding hydrogens is 307 g/mol. The molecule has 17 heavy (non-hydrogen) atoms. The van der Waals surface area contributed by atoms with Crippen LogP contribution in [-0.4, -0.2) is 15.7 Å². The first-order chi connectivity index (χ1) is 7.99. The highest BCUT2D eigenvalue weighted by Crippen LogP contribution is 2.27. The Bertz CT molecular complexity index is 596. The molecule has 1 aromatic heterocycles. The topological polar surface area (TPSA) is 86.9 Å². The molecule has 1 amide bonds. The lowest BCUT2D eigenvalue weighted by atomic mass is 10.1. The number of rotatable bonds is 2. The minimum absolute atomic E-state index is 0.227. The Hall–Kier alpha value is -1.53. The van der Waals surface area contributed by atoms with Gasteiger partial charge in [-0.25, -0.2) is 4.68 Å². The van der Waals surface area contributed by atoms with Gasteiger partial charge in [-0.2, -0.15) is 5.10 Å². The molecule has 0 saturated carbocycles. The third kappa shape index (κ3) is 2.27. The Morgan fingerprint density at radius 3 is 2.71 bits per heavy atom. The molecule has 0 unspecified atom stereocenters. The molecule has 0 aliphatic rings. The highest BCUT2D eigenvalue weighted by Gasteiger charge is 2.15. The van der Waals surface area contributed by atoms with Crippen molar-refractivity contribution in [2.75, 3.05) is 5.73 Å². The van der Waals surface area contributed by atoms with Crippen molar-refractivity contribution in [3.05, 3.63) is 39.6 Å². The quantitative estimate of drug-likeness (QED) is 0.831. The van der Waals surface area contributed by atoms with Crippen LogP contribution < -0.4 is 11.5 Å². The van der Waals surface area contributed by atoms with E-state index < -0.39 is 5.91 Å². The number of amides is 1. The van der Waals surface area contributed by atoms with E-state index >= 15 is 0 Å². The summed E-state index contributed by atoms with van der Waals surface area (Å²) in [5.74, 6) is -0.610. The van der Waals surface area contributed by atoms with Gasteiger partial charge in [0.1, 0.15) is 0 Å². The van der Waals surface area contributed by atoms with Crippen LogP contribution >= 0.6 is 27.5 Å². The molecule has 88 valence electrons. The summed E-state index contributed by atoms with van der Waals surface area (Å²) in [7, 11) is 0. The van der Waals surface area contributed by atoms with Crippen molar-refractivity contribution in [1.82, 2.24) is 9.78 Å². The predicted molar refractivity (Wildman–Crippen MR) is 69.2 cm³/mol. The molecule has 0 aliphatic carbocycles. The molecule has 1 aromatic carbocycles. The van der Waals surface area contributed by atoms with Crippen molar-refractivity contribution >= 4 is 39.1 Å². The zero-order chi connectivity index (χ0) is 12.6. The molecule has 0 atom stereocenters.